The SMILES string of the molecule is C=CCC1C(=O)N(Cc2ccc(OC)cc2)c2ccccc21. The van der Waals surface area contributed by atoms with Gasteiger partial charge in [-0.2, -0.15) is 0 Å². The maximum absolute atomic E-state index is 12.7. The molecule has 22 heavy (non-hydrogen) atoms. The summed E-state index contributed by atoms with van der Waals surface area (Å²) in [6.07, 6.45) is 2.49. The Morgan fingerprint density at radius 1 is 1.18 bits per heavy atom. The summed E-state index contributed by atoms with van der Waals surface area (Å²) in [7, 11) is 1.65. The molecule has 1 aliphatic heterocycles. The van der Waals surface area contributed by atoms with Gasteiger partial charge in [0.15, 0.2) is 0 Å². The summed E-state index contributed by atoms with van der Waals surface area (Å²) in [4.78, 5) is 14.6. The number of benzene rings is 2. The van der Waals surface area contributed by atoms with Gasteiger partial charge in [-0.05, 0) is 35.7 Å². The van der Waals surface area contributed by atoms with Crippen LogP contribution in [0.5, 0.6) is 5.75 Å². The molecule has 1 aliphatic rings. The van der Waals surface area contributed by atoms with Gasteiger partial charge in [0.05, 0.1) is 19.6 Å². The maximum Gasteiger partial charge on any atom is 0.235 e. The van der Waals surface area contributed by atoms with E-state index in [9.17, 15) is 4.79 Å². The van der Waals surface area contributed by atoms with Crippen molar-refractivity contribution in [2.75, 3.05) is 12.0 Å². The van der Waals surface area contributed by atoms with Crippen LogP contribution in [-0.2, 0) is 11.3 Å². The number of carbonyl (C=O) groups is 1. The molecule has 1 heterocycles. The number of hydrogen-bond donors (Lipinski definition) is 0. The third-order valence-corrected chi connectivity index (χ3v) is 4.07. The van der Waals surface area contributed by atoms with Gasteiger partial charge in [-0.1, -0.05) is 36.4 Å². The number of carbonyl (C=O) groups excluding carboxylic acids is 1. The van der Waals surface area contributed by atoms with E-state index in [2.05, 4.69) is 6.58 Å². The lowest BCUT2D eigenvalue weighted by molar-refractivity contribution is -0.119. The summed E-state index contributed by atoms with van der Waals surface area (Å²) >= 11 is 0. The number of nitrogens with zero attached hydrogens (tertiary/aromatic N) is 1. The number of ether oxygens (including phenoxy) is 1. The molecule has 2 aromatic rings. The number of fused-ring (bicyclic) bond motifs is 1. The highest BCUT2D eigenvalue weighted by Gasteiger charge is 2.35. The molecule has 1 unspecified atom stereocenters. The van der Waals surface area contributed by atoms with Gasteiger partial charge in [-0.15, -0.1) is 6.58 Å². The second-order valence-electron chi connectivity index (χ2n) is 5.41. The van der Waals surface area contributed by atoms with E-state index < -0.39 is 0 Å². The molecule has 0 radical (unpaired) electrons. The predicted octanol–water partition coefficient (Wildman–Crippen LogP) is 3.90. The third kappa shape index (κ3) is 2.50. The Labute approximate surface area is 130 Å². The van der Waals surface area contributed by atoms with Gasteiger partial charge in [-0.3, -0.25) is 4.79 Å². The van der Waals surface area contributed by atoms with Crippen molar-refractivity contribution in [2.45, 2.75) is 18.9 Å². The molecular weight excluding hydrogens is 274 g/mol. The summed E-state index contributed by atoms with van der Waals surface area (Å²) in [6.45, 7) is 4.35. The molecule has 0 saturated heterocycles. The van der Waals surface area contributed by atoms with E-state index in [-0.39, 0.29) is 11.8 Å². The Balaban J connectivity index is 1.89. The van der Waals surface area contributed by atoms with Crippen LogP contribution in [0, 0.1) is 0 Å². The van der Waals surface area contributed by atoms with E-state index in [0.29, 0.717) is 13.0 Å². The first-order valence-corrected chi connectivity index (χ1v) is 7.38. The topological polar surface area (TPSA) is 29.5 Å². The largest absolute Gasteiger partial charge is 0.497 e. The number of rotatable bonds is 5. The molecule has 0 aromatic heterocycles. The number of amides is 1. The van der Waals surface area contributed by atoms with E-state index in [1.807, 2.05) is 59.5 Å². The fourth-order valence-electron chi connectivity index (χ4n) is 2.94. The van der Waals surface area contributed by atoms with Crippen molar-refractivity contribution in [3.8, 4) is 5.75 Å². The van der Waals surface area contributed by atoms with Crippen LogP contribution in [0.2, 0.25) is 0 Å². The van der Waals surface area contributed by atoms with Gasteiger partial charge >= 0.3 is 0 Å². The predicted molar refractivity (Wildman–Crippen MR) is 88.2 cm³/mol. The summed E-state index contributed by atoms with van der Waals surface area (Å²) < 4.78 is 5.17. The Morgan fingerprint density at radius 2 is 1.91 bits per heavy atom. The Hall–Kier alpha value is -2.55. The highest BCUT2D eigenvalue weighted by Crippen LogP contribution is 2.39. The summed E-state index contributed by atoms with van der Waals surface area (Å²) in [5.74, 6) is 0.866. The van der Waals surface area contributed by atoms with Crippen molar-refractivity contribution >= 4 is 11.6 Å². The molecule has 3 heteroatoms. The summed E-state index contributed by atoms with van der Waals surface area (Å²) in [5.41, 5.74) is 3.19. The van der Waals surface area contributed by atoms with Crippen LogP contribution < -0.4 is 9.64 Å². The smallest absolute Gasteiger partial charge is 0.235 e. The van der Waals surface area contributed by atoms with Crippen molar-refractivity contribution in [1.29, 1.82) is 0 Å². The van der Waals surface area contributed by atoms with Crippen molar-refractivity contribution in [3.63, 3.8) is 0 Å². The van der Waals surface area contributed by atoms with Crippen molar-refractivity contribution < 1.29 is 9.53 Å². The fourth-order valence-corrected chi connectivity index (χ4v) is 2.94. The van der Waals surface area contributed by atoms with Crippen LogP contribution in [0.15, 0.2) is 61.2 Å². The minimum atomic E-state index is -0.105. The average Bonchev–Trinajstić information content (AvgIpc) is 2.82. The van der Waals surface area contributed by atoms with Crippen molar-refractivity contribution in [1.82, 2.24) is 0 Å². The molecular formula is C19H19NO2. The first-order chi connectivity index (χ1) is 10.7. The van der Waals surface area contributed by atoms with E-state index in [0.717, 1.165) is 22.6 Å². The van der Waals surface area contributed by atoms with Crippen molar-refractivity contribution in [3.05, 3.63) is 72.3 Å². The second kappa shape index (κ2) is 6.06. The van der Waals surface area contributed by atoms with Crippen LogP contribution in [-0.4, -0.2) is 13.0 Å². The van der Waals surface area contributed by atoms with E-state index in [4.69, 9.17) is 4.74 Å². The molecule has 0 bridgehead atoms. The van der Waals surface area contributed by atoms with E-state index >= 15 is 0 Å². The first kappa shape index (κ1) is 14.4. The molecule has 0 saturated carbocycles. The maximum atomic E-state index is 12.7. The Bertz CT molecular complexity index is 691. The number of para-hydroxylation sites is 1. The second-order valence-corrected chi connectivity index (χ2v) is 5.41. The summed E-state index contributed by atoms with van der Waals surface area (Å²) in [5, 5.41) is 0. The lowest BCUT2D eigenvalue weighted by atomic mass is 9.97. The van der Waals surface area contributed by atoms with Crippen LogP contribution in [0.1, 0.15) is 23.5 Å². The minimum absolute atomic E-state index is 0.105. The number of methoxy groups -OCH3 is 1. The lowest BCUT2D eigenvalue weighted by Gasteiger charge is -2.18. The van der Waals surface area contributed by atoms with Crippen LogP contribution in [0.4, 0.5) is 5.69 Å². The number of allylic oxidation sites excluding steroid dienone is 1. The molecule has 1 atom stereocenters. The summed E-state index contributed by atoms with van der Waals surface area (Å²) in [6, 6.07) is 15.8. The molecule has 112 valence electrons. The lowest BCUT2D eigenvalue weighted by Crippen LogP contribution is -2.28. The van der Waals surface area contributed by atoms with Crippen LogP contribution in [0.25, 0.3) is 0 Å². The third-order valence-electron chi connectivity index (χ3n) is 4.07. The number of hydrogen-bond acceptors (Lipinski definition) is 2. The van der Waals surface area contributed by atoms with E-state index in [1.165, 1.54) is 0 Å². The van der Waals surface area contributed by atoms with Crippen LogP contribution >= 0.6 is 0 Å². The molecule has 0 spiro atoms. The average molecular weight is 293 g/mol. The molecule has 0 fully saturated rings. The fraction of sp³-hybridized carbons (Fsp3) is 0.211. The molecule has 2 aromatic carbocycles. The van der Waals surface area contributed by atoms with Gasteiger partial charge in [-0.25, -0.2) is 0 Å². The van der Waals surface area contributed by atoms with Crippen molar-refractivity contribution in [2.24, 2.45) is 0 Å². The highest BCUT2D eigenvalue weighted by molar-refractivity contribution is 6.04. The van der Waals surface area contributed by atoms with Gasteiger partial charge in [0.1, 0.15) is 5.75 Å². The van der Waals surface area contributed by atoms with Gasteiger partial charge in [0.2, 0.25) is 5.91 Å². The van der Waals surface area contributed by atoms with Gasteiger partial charge < -0.3 is 9.64 Å². The standard InChI is InChI=1S/C19H19NO2/c1-3-6-17-16-7-4-5-8-18(16)20(19(17)21)13-14-9-11-15(22-2)12-10-14/h3-5,7-12,17H,1,6,13H2,2H3. The quantitative estimate of drug-likeness (QED) is 0.782. The zero-order valence-corrected chi connectivity index (χ0v) is 12.7. The zero-order valence-electron chi connectivity index (χ0n) is 12.7. The Kier molecular flexibility index (Phi) is 3.96. The van der Waals surface area contributed by atoms with E-state index in [1.54, 1.807) is 7.11 Å². The zero-order chi connectivity index (χ0) is 15.5. The van der Waals surface area contributed by atoms with Crippen LogP contribution in [0.3, 0.4) is 0 Å². The van der Waals surface area contributed by atoms with Gasteiger partial charge in [0, 0.05) is 5.69 Å². The minimum Gasteiger partial charge on any atom is -0.497 e. The normalized spacial score (nSPS) is 16.5. The Morgan fingerprint density at radius 3 is 2.59 bits per heavy atom. The van der Waals surface area contributed by atoms with Gasteiger partial charge in [0.25, 0.3) is 0 Å². The monoisotopic (exact) mass is 293 g/mol. The first-order valence-electron chi connectivity index (χ1n) is 7.38. The number of anilines is 1. The molecule has 0 aliphatic carbocycles. The molecule has 0 N–H and O–H groups in total. The molecule has 3 rings (SSSR count). The molecule has 3 nitrogen and oxygen atoms in total. The molecule has 1 amide bonds. The highest BCUT2D eigenvalue weighted by atomic mass is 16.5.